The first-order chi connectivity index (χ1) is 8.61. The first kappa shape index (κ1) is 12.7. The highest BCUT2D eigenvalue weighted by atomic mass is 15.2. The molecule has 2 aromatic rings. The normalized spacial score (nSPS) is 12.4. The van der Waals surface area contributed by atoms with Crippen LogP contribution in [0.4, 0.5) is 0 Å². The second kappa shape index (κ2) is 5.29. The summed E-state index contributed by atoms with van der Waals surface area (Å²) < 4.78 is 0. The molecule has 0 bridgehead atoms. The number of hydrazine groups is 1. The van der Waals surface area contributed by atoms with Crippen LogP contribution in [0, 0.1) is 20.8 Å². The fourth-order valence-electron chi connectivity index (χ4n) is 2.13. The molecule has 94 valence electrons. The average Bonchev–Trinajstić information content (AvgIpc) is 2.35. The zero-order valence-corrected chi connectivity index (χ0v) is 11.1. The van der Waals surface area contributed by atoms with Gasteiger partial charge in [-0.05, 0) is 44.0 Å². The lowest BCUT2D eigenvalue weighted by Gasteiger charge is -2.19. The molecule has 0 radical (unpaired) electrons. The second-order valence-corrected chi connectivity index (χ2v) is 4.66. The van der Waals surface area contributed by atoms with Crippen LogP contribution in [0.1, 0.15) is 34.1 Å². The third-order valence-electron chi connectivity index (χ3n) is 3.12. The van der Waals surface area contributed by atoms with Gasteiger partial charge in [0.1, 0.15) is 0 Å². The quantitative estimate of drug-likeness (QED) is 0.641. The van der Waals surface area contributed by atoms with E-state index >= 15 is 0 Å². The Hall–Kier alpha value is -1.71. The number of aromatic nitrogens is 1. The van der Waals surface area contributed by atoms with Crippen molar-refractivity contribution in [3.8, 4) is 0 Å². The molecule has 2 rings (SSSR count). The molecule has 0 aliphatic carbocycles. The SMILES string of the molecule is Cc1ccc(C)c(C(NN)c2cccc(C)n2)c1. The molecule has 0 saturated carbocycles. The van der Waals surface area contributed by atoms with Crippen LogP contribution in [0.3, 0.4) is 0 Å². The number of hydrogen-bond donors (Lipinski definition) is 2. The molecule has 0 fully saturated rings. The molecule has 3 N–H and O–H groups in total. The van der Waals surface area contributed by atoms with E-state index in [0.717, 1.165) is 11.4 Å². The fraction of sp³-hybridized carbons (Fsp3) is 0.267. The third-order valence-corrected chi connectivity index (χ3v) is 3.12. The summed E-state index contributed by atoms with van der Waals surface area (Å²) in [4.78, 5) is 4.55. The van der Waals surface area contributed by atoms with E-state index in [4.69, 9.17) is 5.84 Å². The molecule has 1 unspecified atom stereocenters. The number of hydrogen-bond acceptors (Lipinski definition) is 3. The third kappa shape index (κ3) is 2.58. The molecule has 0 saturated heterocycles. The van der Waals surface area contributed by atoms with E-state index in [2.05, 4.69) is 42.5 Å². The molecule has 0 amide bonds. The number of rotatable bonds is 3. The summed E-state index contributed by atoms with van der Waals surface area (Å²) in [6.45, 7) is 6.16. The molecular weight excluding hydrogens is 222 g/mol. The summed E-state index contributed by atoms with van der Waals surface area (Å²) >= 11 is 0. The van der Waals surface area contributed by atoms with Crippen LogP contribution in [-0.2, 0) is 0 Å². The zero-order valence-electron chi connectivity index (χ0n) is 11.1. The second-order valence-electron chi connectivity index (χ2n) is 4.66. The standard InChI is InChI=1S/C15H19N3/c1-10-7-8-11(2)13(9-10)15(18-16)14-6-4-5-12(3)17-14/h4-9,15,18H,16H2,1-3H3. The Kier molecular flexibility index (Phi) is 3.75. The Morgan fingerprint density at radius 3 is 2.56 bits per heavy atom. The van der Waals surface area contributed by atoms with Crippen molar-refractivity contribution < 1.29 is 0 Å². The molecule has 0 aliphatic rings. The summed E-state index contributed by atoms with van der Waals surface area (Å²) in [7, 11) is 0. The van der Waals surface area contributed by atoms with Gasteiger partial charge >= 0.3 is 0 Å². The fourth-order valence-corrected chi connectivity index (χ4v) is 2.13. The van der Waals surface area contributed by atoms with Crippen LogP contribution in [0.25, 0.3) is 0 Å². The minimum Gasteiger partial charge on any atom is -0.271 e. The van der Waals surface area contributed by atoms with Gasteiger partial charge in [-0.15, -0.1) is 0 Å². The molecular formula is C15H19N3. The topological polar surface area (TPSA) is 50.9 Å². The van der Waals surface area contributed by atoms with Gasteiger partial charge in [-0.3, -0.25) is 10.8 Å². The number of nitrogens with zero attached hydrogens (tertiary/aromatic N) is 1. The van der Waals surface area contributed by atoms with Gasteiger partial charge in [-0.25, -0.2) is 5.43 Å². The summed E-state index contributed by atoms with van der Waals surface area (Å²) in [5.74, 6) is 5.72. The van der Waals surface area contributed by atoms with E-state index in [0.29, 0.717) is 0 Å². The van der Waals surface area contributed by atoms with Crippen molar-refractivity contribution >= 4 is 0 Å². The molecule has 18 heavy (non-hydrogen) atoms. The van der Waals surface area contributed by atoms with E-state index in [1.807, 2.05) is 25.1 Å². The van der Waals surface area contributed by atoms with Gasteiger partial charge in [0.05, 0.1) is 11.7 Å². The molecule has 1 aromatic carbocycles. The highest BCUT2D eigenvalue weighted by Crippen LogP contribution is 2.24. The smallest absolute Gasteiger partial charge is 0.0884 e. The molecule has 1 heterocycles. The minimum absolute atomic E-state index is 0.0650. The van der Waals surface area contributed by atoms with Crippen LogP contribution in [0.15, 0.2) is 36.4 Å². The summed E-state index contributed by atoms with van der Waals surface area (Å²) in [6, 6.07) is 12.3. The molecule has 3 heteroatoms. The number of benzene rings is 1. The lowest BCUT2D eigenvalue weighted by Crippen LogP contribution is -2.30. The summed E-state index contributed by atoms with van der Waals surface area (Å²) in [5.41, 5.74) is 8.43. The Morgan fingerprint density at radius 1 is 1.11 bits per heavy atom. The highest BCUT2D eigenvalue weighted by Gasteiger charge is 2.16. The van der Waals surface area contributed by atoms with E-state index < -0.39 is 0 Å². The van der Waals surface area contributed by atoms with Crippen LogP contribution in [0.2, 0.25) is 0 Å². The van der Waals surface area contributed by atoms with E-state index in [9.17, 15) is 0 Å². The summed E-state index contributed by atoms with van der Waals surface area (Å²) in [5, 5.41) is 0. The number of nitrogens with two attached hydrogens (primary N) is 1. The molecule has 0 spiro atoms. The van der Waals surface area contributed by atoms with Gasteiger partial charge in [0.2, 0.25) is 0 Å². The molecule has 1 atom stereocenters. The van der Waals surface area contributed by atoms with Gasteiger partial charge < -0.3 is 0 Å². The van der Waals surface area contributed by atoms with Crippen molar-refractivity contribution in [1.29, 1.82) is 0 Å². The zero-order chi connectivity index (χ0) is 13.1. The van der Waals surface area contributed by atoms with Crippen molar-refractivity contribution in [2.75, 3.05) is 0 Å². The van der Waals surface area contributed by atoms with Crippen molar-refractivity contribution in [2.45, 2.75) is 26.8 Å². The lowest BCUT2D eigenvalue weighted by molar-refractivity contribution is 0.616. The Balaban J connectivity index is 2.48. The Morgan fingerprint density at radius 2 is 1.89 bits per heavy atom. The number of pyridine rings is 1. The first-order valence-electron chi connectivity index (χ1n) is 6.08. The van der Waals surface area contributed by atoms with E-state index in [-0.39, 0.29) is 6.04 Å². The van der Waals surface area contributed by atoms with Crippen molar-refractivity contribution in [2.24, 2.45) is 5.84 Å². The van der Waals surface area contributed by atoms with Gasteiger partial charge in [0.25, 0.3) is 0 Å². The first-order valence-corrected chi connectivity index (χ1v) is 6.08. The monoisotopic (exact) mass is 241 g/mol. The Bertz CT molecular complexity index is 549. The van der Waals surface area contributed by atoms with Crippen molar-refractivity contribution in [1.82, 2.24) is 10.4 Å². The number of aryl methyl sites for hydroxylation is 3. The molecule has 1 aromatic heterocycles. The van der Waals surface area contributed by atoms with Gasteiger partial charge in [-0.1, -0.05) is 29.8 Å². The minimum atomic E-state index is -0.0650. The van der Waals surface area contributed by atoms with Crippen LogP contribution >= 0.6 is 0 Å². The van der Waals surface area contributed by atoms with Crippen molar-refractivity contribution in [3.63, 3.8) is 0 Å². The van der Waals surface area contributed by atoms with E-state index in [1.165, 1.54) is 16.7 Å². The Labute approximate surface area is 108 Å². The average molecular weight is 241 g/mol. The van der Waals surface area contributed by atoms with Crippen LogP contribution < -0.4 is 11.3 Å². The maximum Gasteiger partial charge on any atom is 0.0884 e. The predicted molar refractivity (Wildman–Crippen MR) is 74.1 cm³/mol. The maximum atomic E-state index is 5.72. The van der Waals surface area contributed by atoms with Crippen LogP contribution in [-0.4, -0.2) is 4.98 Å². The van der Waals surface area contributed by atoms with Crippen molar-refractivity contribution in [3.05, 3.63) is 64.5 Å². The highest BCUT2D eigenvalue weighted by molar-refractivity contribution is 5.37. The van der Waals surface area contributed by atoms with Crippen LogP contribution in [0.5, 0.6) is 0 Å². The predicted octanol–water partition coefficient (Wildman–Crippen LogP) is 2.56. The van der Waals surface area contributed by atoms with Gasteiger partial charge in [-0.2, -0.15) is 0 Å². The van der Waals surface area contributed by atoms with Gasteiger partial charge in [0, 0.05) is 5.69 Å². The largest absolute Gasteiger partial charge is 0.271 e. The van der Waals surface area contributed by atoms with Gasteiger partial charge in [0.15, 0.2) is 0 Å². The lowest BCUT2D eigenvalue weighted by atomic mass is 9.97. The summed E-state index contributed by atoms with van der Waals surface area (Å²) in [6.07, 6.45) is 0. The molecule has 0 aliphatic heterocycles. The van der Waals surface area contributed by atoms with E-state index in [1.54, 1.807) is 0 Å². The molecule has 3 nitrogen and oxygen atoms in total. The number of nitrogens with one attached hydrogen (secondary N) is 1. The maximum absolute atomic E-state index is 5.72.